The second kappa shape index (κ2) is 8.58. The van der Waals surface area contributed by atoms with Crippen LogP contribution in [0.4, 0.5) is 4.39 Å². The fraction of sp³-hybridized carbons (Fsp3) is 0.586. The van der Waals surface area contributed by atoms with Crippen LogP contribution in [0.5, 0.6) is 0 Å². The molecular formula is C29H37FN2O3. The Morgan fingerprint density at radius 3 is 2.54 bits per heavy atom. The predicted octanol–water partition coefficient (Wildman–Crippen LogP) is 5.89. The van der Waals surface area contributed by atoms with Crippen molar-refractivity contribution in [2.45, 2.75) is 72.3 Å². The summed E-state index contributed by atoms with van der Waals surface area (Å²) in [5.41, 5.74) is 3.92. The highest BCUT2D eigenvalue weighted by Gasteiger charge is 2.63. The number of carboxylic acid groups (broad SMARTS) is 1. The van der Waals surface area contributed by atoms with Gasteiger partial charge in [-0.15, -0.1) is 0 Å². The second-order valence-corrected chi connectivity index (χ2v) is 11.3. The molecule has 0 aliphatic heterocycles. The summed E-state index contributed by atoms with van der Waals surface area (Å²) in [5.74, 6) is -0.490. The molecule has 0 saturated heterocycles. The second-order valence-electron chi connectivity index (χ2n) is 11.3. The fourth-order valence-electron chi connectivity index (χ4n) is 8.38. The molecule has 0 amide bonds. The molecule has 2 aromatic rings. The largest absolute Gasteiger partial charge is 0.481 e. The summed E-state index contributed by atoms with van der Waals surface area (Å²) in [6, 6.07) is 6.40. The van der Waals surface area contributed by atoms with Gasteiger partial charge in [0, 0.05) is 0 Å². The summed E-state index contributed by atoms with van der Waals surface area (Å²) in [4.78, 5) is 12.0. The summed E-state index contributed by atoms with van der Waals surface area (Å²) < 4.78 is 15.3. The quantitative estimate of drug-likeness (QED) is 0.562. The molecule has 6 heteroatoms. The van der Waals surface area contributed by atoms with Crippen molar-refractivity contribution in [3.63, 3.8) is 0 Å². The number of aliphatic hydroxyl groups excluding tert-OH is 1. The van der Waals surface area contributed by atoms with E-state index in [0.29, 0.717) is 18.3 Å². The topological polar surface area (TPSA) is 75.3 Å². The molecule has 3 fully saturated rings. The number of aromatic nitrogens is 2. The summed E-state index contributed by atoms with van der Waals surface area (Å²) in [7, 11) is 0. The van der Waals surface area contributed by atoms with Gasteiger partial charge in [-0.3, -0.25) is 4.79 Å². The highest BCUT2D eigenvalue weighted by Crippen LogP contribution is 2.66. The highest BCUT2D eigenvalue weighted by molar-refractivity contribution is 5.71. The number of fused-ring (bicyclic) bond motifs is 6. The van der Waals surface area contributed by atoms with Crippen LogP contribution in [0.15, 0.2) is 36.0 Å². The lowest BCUT2D eigenvalue weighted by Crippen LogP contribution is -2.57. The van der Waals surface area contributed by atoms with E-state index in [1.165, 1.54) is 17.7 Å². The number of hydrogen-bond donors (Lipinski definition) is 2. The van der Waals surface area contributed by atoms with E-state index in [1.54, 1.807) is 12.1 Å². The van der Waals surface area contributed by atoms with Crippen LogP contribution in [0.1, 0.15) is 71.1 Å². The van der Waals surface area contributed by atoms with Gasteiger partial charge in [0.2, 0.25) is 0 Å². The first-order chi connectivity index (χ1) is 16.7. The normalized spacial score (nSPS) is 37.1. The van der Waals surface area contributed by atoms with Crippen molar-refractivity contribution in [2.75, 3.05) is 0 Å². The van der Waals surface area contributed by atoms with Crippen LogP contribution in [-0.2, 0) is 11.2 Å². The Bertz CT molecular complexity index is 1160. The molecule has 0 radical (unpaired) electrons. The maximum absolute atomic E-state index is 13.4. The Kier molecular flexibility index (Phi) is 5.94. The molecule has 2 N–H and O–H groups in total. The van der Waals surface area contributed by atoms with Crippen LogP contribution in [0.2, 0.25) is 0 Å². The van der Waals surface area contributed by atoms with E-state index in [2.05, 4.69) is 25.0 Å². The Balaban J connectivity index is 0.00000124. The summed E-state index contributed by atoms with van der Waals surface area (Å²) >= 11 is 0. The maximum Gasteiger partial charge on any atom is 0.307 e. The zero-order valence-corrected chi connectivity index (χ0v) is 21.2. The molecule has 6 rings (SSSR count). The van der Waals surface area contributed by atoms with E-state index in [0.717, 1.165) is 49.0 Å². The minimum Gasteiger partial charge on any atom is -0.481 e. The smallest absolute Gasteiger partial charge is 0.307 e. The third-order valence-electron chi connectivity index (χ3n) is 9.79. The maximum atomic E-state index is 13.4. The van der Waals surface area contributed by atoms with E-state index >= 15 is 0 Å². The van der Waals surface area contributed by atoms with Crippen LogP contribution >= 0.6 is 0 Å². The standard InChI is InChI=1S/C27H31FN2O3.C2H6/c1-26-12-15-14-29-30(18-6-4-17(28)5-7-18)22(15)11-16(26)3-8-19-20-9-10-21(25(32)33)27(20,2)13-23(31)24(19)26;1-2/h4-7,11,14,19-21,23-24,31H,3,8-10,12-13H2,1-2H3,(H,32,33);1-2H3. The number of halogens is 1. The molecule has 4 aliphatic carbocycles. The average molecular weight is 481 g/mol. The SMILES string of the molecule is CC.CC12Cc3cnn(-c4ccc(F)cc4)c3C=C1CCC1C2C(O)CC2(C)C(C(=O)O)CCC12. The van der Waals surface area contributed by atoms with Crippen molar-refractivity contribution in [2.24, 2.45) is 34.5 Å². The third kappa shape index (κ3) is 3.51. The van der Waals surface area contributed by atoms with Crippen LogP contribution in [0, 0.1) is 40.3 Å². The van der Waals surface area contributed by atoms with Gasteiger partial charge in [0.25, 0.3) is 0 Å². The number of allylic oxidation sites excluding steroid dienone is 1. The lowest BCUT2D eigenvalue weighted by molar-refractivity contribution is -0.156. The van der Waals surface area contributed by atoms with Crippen molar-refractivity contribution < 1.29 is 19.4 Å². The molecule has 4 aliphatic rings. The van der Waals surface area contributed by atoms with Gasteiger partial charge in [-0.05, 0) is 103 Å². The minimum atomic E-state index is -0.705. The van der Waals surface area contributed by atoms with E-state index in [-0.39, 0.29) is 28.5 Å². The monoisotopic (exact) mass is 480 g/mol. The number of rotatable bonds is 2. The Morgan fingerprint density at radius 1 is 1.14 bits per heavy atom. The number of aliphatic carboxylic acids is 1. The molecule has 7 atom stereocenters. The van der Waals surface area contributed by atoms with Gasteiger partial charge in [0.15, 0.2) is 0 Å². The molecule has 188 valence electrons. The van der Waals surface area contributed by atoms with Crippen LogP contribution in [-0.4, -0.2) is 32.1 Å². The van der Waals surface area contributed by atoms with Crippen LogP contribution in [0.25, 0.3) is 11.8 Å². The highest BCUT2D eigenvalue weighted by atomic mass is 19.1. The molecule has 0 bridgehead atoms. The number of carbonyl (C=O) groups is 1. The average Bonchev–Trinajstić information content (AvgIpc) is 3.38. The van der Waals surface area contributed by atoms with Gasteiger partial charge in [-0.1, -0.05) is 33.3 Å². The van der Waals surface area contributed by atoms with Gasteiger partial charge >= 0.3 is 5.97 Å². The molecule has 0 spiro atoms. The Morgan fingerprint density at radius 2 is 1.86 bits per heavy atom. The molecule has 1 aromatic carbocycles. The minimum absolute atomic E-state index is 0.130. The molecule has 1 heterocycles. The van der Waals surface area contributed by atoms with Crippen molar-refractivity contribution in [3.8, 4) is 5.69 Å². The molecule has 5 nitrogen and oxygen atoms in total. The predicted molar refractivity (Wildman–Crippen MR) is 133 cm³/mol. The summed E-state index contributed by atoms with van der Waals surface area (Å²) in [6.45, 7) is 8.41. The number of benzene rings is 1. The molecule has 35 heavy (non-hydrogen) atoms. The number of aliphatic hydroxyl groups is 1. The molecular weight excluding hydrogens is 443 g/mol. The van der Waals surface area contributed by atoms with Crippen molar-refractivity contribution >= 4 is 12.0 Å². The number of carboxylic acids is 1. The van der Waals surface area contributed by atoms with E-state index < -0.39 is 12.1 Å². The summed E-state index contributed by atoms with van der Waals surface area (Å²) in [6.07, 6.45) is 8.68. The van der Waals surface area contributed by atoms with E-state index in [1.807, 2.05) is 24.7 Å². The zero-order valence-electron chi connectivity index (χ0n) is 21.2. The van der Waals surface area contributed by atoms with E-state index in [4.69, 9.17) is 0 Å². The number of hydrogen-bond acceptors (Lipinski definition) is 3. The van der Waals surface area contributed by atoms with Gasteiger partial charge < -0.3 is 10.2 Å². The lowest BCUT2D eigenvalue weighted by Gasteiger charge is -2.59. The van der Waals surface area contributed by atoms with Crippen molar-refractivity contribution in [1.82, 2.24) is 9.78 Å². The van der Waals surface area contributed by atoms with Gasteiger partial charge in [0.1, 0.15) is 5.82 Å². The molecule has 3 saturated carbocycles. The Hall–Kier alpha value is -2.47. The van der Waals surface area contributed by atoms with Crippen molar-refractivity contribution in [3.05, 3.63) is 53.1 Å². The number of nitrogens with zero attached hydrogens (tertiary/aromatic N) is 2. The third-order valence-corrected chi connectivity index (χ3v) is 9.79. The van der Waals surface area contributed by atoms with Crippen LogP contribution in [0.3, 0.4) is 0 Å². The van der Waals surface area contributed by atoms with Gasteiger partial charge in [-0.2, -0.15) is 5.10 Å². The van der Waals surface area contributed by atoms with E-state index in [9.17, 15) is 19.4 Å². The van der Waals surface area contributed by atoms with Gasteiger partial charge in [0.05, 0.1) is 29.6 Å². The molecule has 7 unspecified atom stereocenters. The first-order valence-electron chi connectivity index (χ1n) is 13.2. The fourth-order valence-corrected chi connectivity index (χ4v) is 8.38. The summed E-state index contributed by atoms with van der Waals surface area (Å²) in [5, 5.41) is 26.0. The Labute approximate surface area is 207 Å². The van der Waals surface area contributed by atoms with Gasteiger partial charge in [-0.25, -0.2) is 9.07 Å². The molecule has 1 aromatic heterocycles. The zero-order chi connectivity index (χ0) is 25.1. The van der Waals surface area contributed by atoms with Crippen molar-refractivity contribution in [1.29, 1.82) is 0 Å². The first-order valence-corrected chi connectivity index (χ1v) is 13.2. The van der Waals surface area contributed by atoms with Crippen LogP contribution < -0.4 is 0 Å². The lowest BCUT2D eigenvalue weighted by atomic mass is 9.46. The first kappa shape index (κ1) is 24.2.